The maximum absolute atomic E-state index is 13.0. The third-order valence-corrected chi connectivity index (χ3v) is 10.9. The summed E-state index contributed by atoms with van der Waals surface area (Å²) in [6.07, 6.45) is 25.8. The summed E-state index contributed by atoms with van der Waals surface area (Å²) >= 11 is 0. The van der Waals surface area contributed by atoms with Crippen molar-refractivity contribution in [3.05, 3.63) is 85.4 Å². The van der Waals surface area contributed by atoms with Crippen molar-refractivity contribution in [1.82, 2.24) is 0 Å². The van der Waals surface area contributed by atoms with Gasteiger partial charge in [-0.05, 0) is 76.4 Å². The zero-order valence-corrected chi connectivity index (χ0v) is 39.8. The van der Waals surface area contributed by atoms with Gasteiger partial charge in [0.2, 0.25) is 0 Å². The molecule has 2 rings (SSSR count). The van der Waals surface area contributed by atoms with Crippen LogP contribution in [0.5, 0.6) is 0 Å². The molecule has 16 heteroatoms. The van der Waals surface area contributed by atoms with Gasteiger partial charge in [-0.25, -0.2) is 0 Å². The molecule has 382 valence electrons. The van der Waals surface area contributed by atoms with Gasteiger partial charge in [0.15, 0.2) is 18.7 Å². The van der Waals surface area contributed by atoms with Crippen molar-refractivity contribution in [2.24, 2.45) is 0 Å². The van der Waals surface area contributed by atoms with Crippen LogP contribution in [0.2, 0.25) is 0 Å². The Bertz CT molecular complexity index is 1490. The molecular weight excluding hydrogens is 869 g/mol. The summed E-state index contributed by atoms with van der Waals surface area (Å²) < 4.78 is 38.7. The van der Waals surface area contributed by atoms with E-state index in [1.165, 1.54) is 0 Å². The molecular formula is C51H82O16. The van der Waals surface area contributed by atoms with Crippen LogP contribution in [0.15, 0.2) is 85.4 Å². The predicted molar refractivity (Wildman–Crippen MR) is 253 cm³/mol. The van der Waals surface area contributed by atoms with Gasteiger partial charge >= 0.3 is 11.9 Å². The Morgan fingerprint density at radius 2 is 1.03 bits per heavy atom. The van der Waals surface area contributed by atoms with E-state index in [0.717, 1.165) is 89.9 Å². The number of hydrogen-bond acceptors (Lipinski definition) is 16. The number of rotatable bonds is 36. The van der Waals surface area contributed by atoms with Gasteiger partial charge in [0.25, 0.3) is 0 Å². The SMILES string of the molecule is CC/C=C\C=C/O/C=C/C=C\CCCCCCCC(=O)OC[C@H](CO[C@@H]1O[C@H](CO[C@H]2O[C@H](CO)[C@H](O)[C@H](O)[C@H]2O)[C@H](O)[C@H](O)[C@H]1O)OC(=O)CCCCCCC/C=C\C/C=C\C/C=C\CC. The molecule has 2 saturated heterocycles. The van der Waals surface area contributed by atoms with Crippen LogP contribution in [-0.4, -0.2) is 142 Å². The topological polar surface area (TPSA) is 240 Å². The van der Waals surface area contributed by atoms with E-state index < -0.39 is 99.3 Å². The lowest BCUT2D eigenvalue weighted by Gasteiger charge is -2.42. The molecule has 0 unspecified atom stereocenters. The largest absolute Gasteiger partial charge is 0.473 e. The number of aliphatic hydroxyl groups excluding tert-OH is 7. The van der Waals surface area contributed by atoms with E-state index in [1.807, 2.05) is 30.4 Å². The molecule has 0 bridgehead atoms. The first-order chi connectivity index (χ1) is 32.5. The number of allylic oxidation sites excluding steroid dienone is 12. The normalized spacial score (nSPS) is 26.6. The standard InChI is InChI=1S/C51H82O16/c1-3-5-7-9-10-11-12-13-14-15-16-18-22-25-28-32-43(54)65-39(36-62-42(53)31-27-24-21-19-17-20-23-26-30-34-61-33-29-8-6-4-2)37-63-50-49(60)47(58)45(56)41(67-50)38-64-51-48(59)46(57)44(55)40(35-52)66-51/h5-8,10-11,13-14,23,26,29-30,33-34,39-41,44-52,55-60H,3-4,9,12,15-22,24-25,27-28,31-32,35-38H2,1-2H3/b7-5-,8-6-,11-10-,14-13-,26-23-,33-29-,34-30+/t39-,40-,41-,44+,45+,46+,47+,48-,49-,50-,51+/m1/s1. The van der Waals surface area contributed by atoms with Gasteiger partial charge in [-0.2, -0.15) is 0 Å². The Kier molecular flexibility index (Phi) is 34.1. The molecule has 0 aromatic heterocycles. The van der Waals surface area contributed by atoms with Crippen LogP contribution in [0, 0.1) is 0 Å². The molecule has 2 heterocycles. The third-order valence-electron chi connectivity index (χ3n) is 10.9. The number of ether oxygens (including phenoxy) is 7. The summed E-state index contributed by atoms with van der Waals surface area (Å²) in [7, 11) is 0. The Balaban J connectivity index is 1.84. The van der Waals surface area contributed by atoms with E-state index in [4.69, 9.17) is 33.2 Å². The molecule has 0 saturated carbocycles. The number of aliphatic hydroxyl groups is 7. The summed E-state index contributed by atoms with van der Waals surface area (Å²) in [5.74, 6) is -0.998. The van der Waals surface area contributed by atoms with Crippen molar-refractivity contribution < 1.29 is 78.5 Å². The second-order valence-corrected chi connectivity index (χ2v) is 16.6. The first-order valence-corrected chi connectivity index (χ1v) is 24.4. The smallest absolute Gasteiger partial charge is 0.306 e. The van der Waals surface area contributed by atoms with Crippen molar-refractivity contribution in [2.75, 3.05) is 26.4 Å². The Hall–Kier alpha value is -3.52. The van der Waals surface area contributed by atoms with Crippen molar-refractivity contribution in [3.63, 3.8) is 0 Å². The summed E-state index contributed by atoms with van der Waals surface area (Å²) in [5.41, 5.74) is 0. The van der Waals surface area contributed by atoms with E-state index in [-0.39, 0.29) is 19.4 Å². The van der Waals surface area contributed by atoms with Crippen LogP contribution in [0.3, 0.4) is 0 Å². The predicted octanol–water partition coefficient (Wildman–Crippen LogP) is 5.97. The van der Waals surface area contributed by atoms with Gasteiger partial charge in [0.1, 0.15) is 55.4 Å². The molecule has 0 aromatic rings. The second kappa shape index (κ2) is 38.3. The molecule has 0 aromatic carbocycles. The van der Waals surface area contributed by atoms with Crippen molar-refractivity contribution in [2.45, 2.75) is 197 Å². The van der Waals surface area contributed by atoms with Crippen molar-refractivity contribution in [1.29, 1.82) is 0 Å². The molecule has 0 spiro atoms. The quantitative estimate of drug-likeness (QED) is 0.0126. The minimum Gasteiger partial charge on any atom is -0.473 e. The molecule has 11 atom stereocenters. The van der Waals surface area contributed by atoms with Crippen molar-refractivity contribution >= 4 is 11.9 Å². The van der Waals surface area contributed by atoms with Crippen LogP contribution < -0.4 is 0 Å². The van der Waals surface area contributed by atoms with Crippen molar-refractivity contribution in [3.8, 4) is 0 Å². The lowest BCUT2D eigenvalue weighted by Crippen LogP contribution is -2.61. The van der Waals surface area contributed by atoms with Crippen LogP contribution >= 0.6 is 0 Å². The molecule has 7 N–H and O–H groups in total. The number of esters is 2. The summed E-state index contributed by atoms with van der Waals surface area (Å²) in [4.78, 5) is 25.7. The van der Waals surface area contributed by atoms with E-state index >= 15 is 0 Å². The summed E-state index contributed by atoms with van der Waals surface area (Å²) in [6, 6.07) is 0. The molecule has 16 nitrogen and oxygen atoms in total. The fourth-order valence-corrected chi connectivity index (χ4v) is 6.97. The minimum absolute atomic E-state index is 0.130. The molecule has 0 aliphatic carbocycles. The Morgan fingerprint density at radius 1 is 0.522 bits per heavy atom. The number of carbonyl (C=O) groups is 2. The van der Waals surface area contributed by atoms with Crippen LogP contribution in [-0.2, 0) is 42.7 Å². The van der Waals surface area contributed by atoms with E-state index in [0.29, 0.717) is 12.8 Å². The van der Waals surface area contributed by atoms with Gasteiger partial charge < -0.3 is 68.9 Å². The maximum Gasteiger partial charge on any atom is 0.306 e. The molecule has 2 aliphatic rings. The third kappa shape index (κ3) is 26.7. The highest BCUT2D eigenvalue weighted by atomic mass is 16.7. The van der Waals surface area contributed by atoms with Crippen LogP contribution in [0.25, 0.3) is 0 Å². The zero-order valence-electron chi connectivity index (χ0n) is 39.8. The highest BCUT2D eigenvalue weighted by molar-refractivity contribution is 5.70. The van der Waals surface area contributed by atoms with Gasteiger partial charge in [-0.1, -0.05) is 113 Å². The Morgan fingerprint density at radius 3 is 1.66 bits per heavy atom. The number of carbonyl (C=O) groups excluding carboxylic acids is 2. The lowest BCUT2D eigenvalue weighted by molar-refractivity contribution is -0.332. The van der Waals surface area contributed by atoms with Crippen LogP contribution in [0.4, 0.5) is 0 Å². The summed E-state index contributed by atoms with van der Waals surface area (Å²) in [6.45, 7) is 2.21. The minimum atomic E-state index is -1.78. The van der Waals surface area contributed by atoms with Crippen LogP contribution in [0.1, 0.15) is 129 Å². The van der Waals surface area contributed by atoms with Gasteiger partial charge in [0, 0.05) is 12.8 Å². The average Bonchev–Trinajstić information content (AvgIpc) is 3.32. The first-order valence-electron chi connectivity index (χ1n) is 24.4. The monoisotopic (exact) mass is 951 g/mol. The Labute approximate surface area is 398 Å². The molecule has 67 heavy (non-hydrogen) atoms. The average molecular weight is 951 g/mol. The first kappa shape index (κ1) is 59.6. The van der Waals surface area contributed by atoms with E-state index in [1.54, 1.807) is 12.5 Å². The molecule has 0 radical (unpaired) electrons. The highest BCUT2D eigenvalue weighted by Crippen LogP contribution is 2.26. The molecule has 2 fully saturated rings. The maximum atomic E-state index is 13.0. The number of unbranched alkanes of at least 4 members (excludes halogenated alkanes) is 10. The second-order valence-electron chi connectivity index (χ2n) is 16.6. The lowest BCUT2D eigenvalue weighted by atomic mass is 9.98. The van der Waals surface area contributed by atoms with Gasteiger partial charge in [-0.3, -0.25) is 9.59 Å². The highest BCUT2D eigenvalue weighted by Gasteiger charge is 2.47. The fourth-order valence-electron chi connectivity index (χ4n) is 6.97. The number of hydrogen-bond donors (Lipinski definition) is 7. The zero-order chi connectivity index (χ0) is 48.9. The summed E-state index contributed by atoms with van der Waals surface area (Å²) in [5, 5.41) is 72.0. The molecule has 0 amide bonds. The van der Waals surface area contributed by atoms with Gasteiger partial charge in [-0.15, -0.1) is 0 Å². The van der Waals surface area contributed by atoms with E-state index in [2.05, 4.69) is 56.4 Å². The fraction of sp³-hybridized carbons (Fsp3) is 0.686. The van der Waals surface area contributed by atoms with Gasteiger partial charge in [0.05, 0.1) is 32.3 Å². The van der Waals surface area contributed by atoms with E-state index in [9.17, 15) is 45.3 Å². The molecule has 2 aliphatic heterocycles.